The number of nitrogens with one attached hydrogen (secondary N) is 1. The fourth-order valence-electron chi connectivity index (χ4n) is 3.50. The Labute approximate surface area is 174 Å². The summed E-state index contributed by atoms with van der Waals surface area (Å²) in [6.45, 7) is 1.99. The first-order chi connectivity index (χ1) is 14.6. The quantitative estimate of drug-likeness (QED) is 0.628. The Balaban J connectivity index is 1.75. The van der Waals surface area contributed by atoms with Gasteiger partial charge in [0.25, 0.3) is 0 Å². The standard InChI is InChI=1S/C22H22N4O4/c1-14-19(21(27)30-12-15-7-5-4-6-8-15)20(26-22(25-14)23-13-24-26)17-11-16(28-2)9-10-18(17)29-3/h4-11,13,20H,12H2,1-3H3,(H,23,24,25)/t20-/m1/s1. The van der Waals surface area contributed by atoms with Crippen molar-refractivity contribution in [2.24, 2.45) is 0 Å². The molecule has 4 rings (SSSR count). The third-order valence-electron chi connectivity index (χ3n) is 4.96. The lowest BCUT2D eigenvalue weighted by atomic mass is 9.94. The van der Waals surface area contributed by atoms with Crippen molar-refractivity contribution in [2.75, 3.05) is 19.5 Å². The number of allylic oxidation sites excluding steroid dienone is 1. The Bertz CT molecular complexity index is 1090. The highest BCUT2D eigenvalue weighted by molar-refractivity contribution is 5.92. The molecule has 0 amide bonds. The van der Waals surface area contributed by atoms with E-state index in [-0.39, 0.29) is 6.61 Å². The summed E-state index contributed by atoms with van der Waals surface area (Å²) in [4.78, 5) is 17.4. The molecule has 0 unspecified atom stereocenters. The lowest BCUT2D eigenvalue weighted by Crippen LogP contribution is -2.30. The number of anilines is 1. The Kier molecular flexibility index (Phi) is 5.38. The van der Waals surface area contributed by atoms with Crippen molar-refractivity contribution in [3.63, 3.8) is 0 Å². The molecule has 1 atom stereocenters. The van der Waals surface area contributed by atoms with Gasteiger partial charge in [-0.15, -0.1) is 0 Å². The molecule has 1 aliphatic rings. The molecule has 0 bridgehead atoms. The van der Waals surface area contributed by atoms with Crippen molar-refractivity contribution in [3.8, 4) is 11.5 Å². The van der Waals surface area contributed by atoms with E-state index in [0.29, 0.717) is 28.7 Å². The van der Waals surface area contributed by atoms with Gasteiger partial charge in [0.15, 0.2) is 0 Å². The maximum absolute atomic E-state index is 13.2. The average Bonchev–Trinajstić information content (AvgIpc) is 3.24. The first kappa shape index (κ1) is 19.5. The summed E-state index contributed by atoms with van der Waals surface area (Å²) >= 11 is 0. The molecule has 30 heavy (non-hydrogen) atoms. The zero-order valence-corrected chi connectivity index (χ0v) is 17.0. The highest BCUT2D eigenvalue weighted by atomic mass is 16.5. The minimum Gasteiger partial charge on any atom is -0.497 e. The Morgan fingerprint density at radius 3 is 2.67 bits per heavy atom. The van der Waals surface area contributed by atoms with E-state index >= 15 is 0 Å². The van der Waals surface area contributed by atoms with Gasteiger partial charge in [0.2, 0.25) is 5.95 Å². The summed E-state index contributed by atoms with van der Waals surface area (Å²) in [5.74, 6) is 1.33. The third kappa shape index (κ3) is 3.59. The van der Waals surface area contributed by atoms with Crippen LogP contribution < -0.4 is 14.8 Å². The van der Waals surface area contributed by atoms with E-state index in [0.717, 1.165) is 11.1 Å². The molecule has 0 saturated heterocycles. The SMILES string of the molecule is COc1ccc(OC)c([C@@H]2C(C(=O)OCc3ccccc3)=C(C)Nc3ncnn32)c1. The molecule has 8 heteroatoms. The molecule has 0 spiro atoms. The van der Waals surface area contributed by atoms with Crippen LogP contribution in [0.3, 0.4) is 0 Å². The fourth-order valence-corrected chi connectivity index (χ4v) is 3.50. The van der Waals surface area contributed by atoms with E-state index in [9.17, 15) is 4.79 Å². The van der Waals surface area contributed by atoms with Crippen LogP contribution >= 0.6 is 0 Å². The zero-order chi connectivity index (χ0) is 21.1. The number of hydrogen-bond donors (Lipinski definition) is 1. The molecule has 3 aromatic rings. The molecule has 0 radical (unpaired) electrons. The number of fused-ring (bicyclic) bond motifs is 1. The number of carbonyl (C=O) groups is 1. The van der Waals surface area contributed by atoms with Gasteiger partial charge in [-0.2, -0.15) is 10.1 Å². The molecule has 0 saturated carbocycles. The number of aromatic nitrogens is 3. The second-order valence-corrected chi connectivity index (χ2v) is 6.76. The summed E-state index contributed by atoms with van der Waals surface area (Å²) < 4.78 is 18.2. The largest absolute Gasteiger partial charge is 0.497 e. The first-order valence-electron chi connectivity index (χ1n) is 9.42. The maximum Gasteiger partial charge on any atom is 0.338 e. The minimum atomic E-state index is -0.586. The highest BCUT2D eigenvalue weighted by Gasteiger charge is 2.36. The number of hydrogen-bond acceptors (Lipinski definition) is 7. The third-order valence-corrected chi connectivity index (χ3v) is 4.96. The van der Waals surface area contributed by atoms with Crippen molar-refractivity contribution in [3.05, 3.63) is 77.3 Å². The van der Waals surface area contributed by atoms with Crippen molar-refractivity contribution in [2.45, 2.75) is 19.6 Å². The van der Waals surface area contributed by atoms with E-state index in [1.54, 1.807) is 31.0 Å². The minimum absolute atomic E-state index is 0.169. The normalized spacial score (nSPS) is 15.2. The fraction of sp³-hybridized carbons (Fsp3) is 0.227. The van der Waals surface area contributed by atoms with Crippen LogP contribution in [0, 0.1) is 0 Å². The lowest BCUT2D eigenvalue weighted by molar-refractivity contribution is -0.140. The van der Waals surface area contributed by atoms with Crippen LogP contribution in [-0.4, -0.2) is 35.0 Å². The van der Waals surface area contributed by atoms with Crippen LogP contribution in [0.2, 0.25) is 0 Å². The van der Waals surface area contributed by atoms with Crippen LogP contribution in [0.1, 0.15) is 24.1 Å². The van der Waals surface area contributed by atoms with Gasteiger partial charge in [-0.05, 0) is 30.7 Å². The topological polar surface area (TPSA) is 87.5 Å². The number of carbonyl (C=O) groups excluding carboxylic acids is 1. The van der Waals surface area contributed by atoms with E-state index in [1.165, 1.54) is 6.33 Å². The van der Waals surface area contributed by atoms with Crippen molar-refractivity contribution >= 4 is 11.9 Å². The van der Waals surface area contributed by atoms with Gasteiger partial charge >= 0.3 is 5.97 Å². The number of ether oxygens (including phenoxy) is 3. The Morgan fingerprint density at radius 1 is 1.13 bits per heavy atom. The molecule has 8 nitrogen and oxygen atoms in total. The van der Waals surface area contributed by atoms with Crippen molar-refractivity contribution in [1.29, 1.82) is 0 Å². The van der Waals surface area contributed by atoms with E-state index in [1.807, 2.05) is 43.3 Å². The number of esters is 1. The van der Waals surface area contributed by atoms with Gasteiger partial charge in [0.05, 0.1) is 19.8 Å². The van der Waals surface area contributed by atoms with E-state index < -0.39 is 12.0 Å². The van der Waals surface area contributed by atoms with Crippen LogP contribution in [0.4, 0.5) is 5.95 Å². The molecule has 2 heterocycles. The molecule has 0 aliphatic carbocycles. The van der Waals surface area contributed by atoms with Crippen LogP contribution in [0.25, 0.3) is 0 Å². The smallest absolute Gasteiger partial charge is 0.338 e. The summed E-state index contributed by atoms with van der Waals surface area (Å²) in [6, 6.07) is 14.4. The summed E-state index contributed by atoms with van der Waals surface area (Å²) in [5, 5.41) is 7.47. The molecule has 0 fully saturated rings. The van der Waals surface area contributed by atoms with Gasteiger partial charge < -0.3 is 19.5 Å². The van der Waals surface area contributed by atoms with Gasteiger partial charge in [-0.1, -0.05) is 30.3 Å². The van der Waals surface area contributed by atoms with E-state index in [2.05, 4.69) is 15.4 Å². The van der Waals surface area contributed by atoms with Crippen LogP contribution in [0.5, 0.6) is 11.5 Å². The number of nitrogens with zero attached hydrogens (tertiary/aromatic N) is 3. The average molecular weight is 406 g/mol. The second kappa shape index (κ2) is 8.28. The predicted molar refractivity (Wildman–Crippen MR) is 110 cm³/mol. The number of benzene rings is 2. The van der Waals surface area contributed by atoms with Crippen LogP contribution in [-0.2, 0) is 16.1 Å². The Hall–Kier alpha value is -3.81. The highest BCUT2D eigenvalue weighted by Crippen LogP contribution is 2.40. The molecular weight excluding hydrogens is 384 g/mol. The summed E-state index contributed by atoms with van der Waals surface area (Å²) in [7, 11) is 3.17. The van der Waals surface area contributed by atoms with Crippen LogP contribution in [0.15, 0.2) is 66.1 Å². The van der Waals surface area contributed by atoms with Crippen molar-refractivity contribution in [1.82, 2.24) is 14.8 Å². The van der Waals surface area contributed by atoms with Crippen molar-refractivity contribution < 1.29 is 19.0 Å². The first-order valence-corrected chi connectivity index (χ1v) is 9.42. The van der Waals surface area contributed by atoms with E-state index in [4.69, 9.17) is 14.2 Å². The van der Waals surface area contributed by atoms with Gasteiger partial charge in [-0.3, -0.25) is 0 Å². The monoisotopic (exact) mass is 406 g/mol. The summed E-state index contributed by atoms with van der Waals surface area (Å²) in [5.41, 5.74) is 2.69. The number of methoxy groups -OCH3 is 2. The predicted octanol–water partition coefficient (Wildman–Crippen LogP) is 3.33. The molecule has 1 aromatic heterocycles. The van der Waals surface area contributed by atoms with Gasteiger partial charge in [-0.25, -0.2) is 9.48 Å². The maximum atomic E-state index is 13.2. The van der Waals surface area contributed by atoms with Gasteiger partial charge in [0, 0.05) is 11.3 Å². The molecule has 2 aromatic carbocycles. The molecule has 1 N–H and O–H groups in total. The summed E-state index contributed by atoms with van der Waals surface area (Å²) in [6.07, 6.45) is 1.44. The zero-order valence-electron chi connectivity index (χ0n) is 17.0. The van der Waals surface area contributed by atoms with Gasteiger partial charge in [0.1, 0.15) is 30.5 Å². The Morgan fingerprint density at radius 2 is 1.93 bits per heavy atom. The number of rotatable bonds is 6. The second-order valence-electron chi connectivity index (χ2n) is 6.76. The molecule has 154 valence electrons. The lowest BCUT2D eigenvalue weighted by Gasteiger charge is -2.29. The molecule has 1 aliphatic heterocycles. The molecular formula is C22H22N4O4.